The lowest BCUT2D eigenvalue weighted by Gasteiger charge is -2.30. The van der Waals surface area contributed by atoms with Crippen molar-refractivity contribution in [3.63, 3.8) is 0 Å². The Bertz CT molecular complexity index is 4950. The molecule has 2 aromatic rings. The lowest BCUT2D eigenvalue weighted by Crippen LogP contribution is -2.62. The molecule has 3 rings (SSSR count). The number of carboxylic acids is 1. The molecule has 149 heavy (non-hydrogen) atoms. The van der Waals surface area contributed by atoms with Crippen LogP contribution in [0.4, 0.5) is 0 Å². The second-order valence-corrected chi connectivity index (χ2v) is 37.6. The topological polar surface area (TPSA) is 867 Å². The zero-order valence-electron chi connectivity index (χ0n) is 81.4. The fourth-order valence-corrected chi connectivity index (χ4v) is 16.4. The second kappa shape index (κ2) is 70.0. The van der Waals surface area contributed by atoms with E-state index in [1.54, 1.807) is 66.9 Å². The summed E-state index contributed by atoms with van der Waals surface area (Å²) in [5.41, 5.74) is 28.4. The van der Waals surface area contributed by atoms with Gasteiger partial charge in [0.15, 0.2) is 11.9 Å². The summed E-state index contributed by atoms with van der Waals surface area (Å²) in [6.45, 7) is -0.244. The van der Waals surface area contributed by atoms with Crippen LogP contribution >= 0.6 is 113 Å². The van der Waals surface area contributed by atoms with Crippen LogP contribution < -0.4 is 140 Å². The number of nitrogens with zero attached hydrogens (tertiary/aromatic N) is 1. The largest absolute Gasteiger partial charge is 0.480 e. The average molecular weight is 2260 g/mol. The van der Waals surface area contributed by atoms with E-state index >= 15 is 0 Å². The Hall–Kier alpha value is -12.1. The van der Waals surface area contributed by atoms with Crippen molar-refractivity contribution in [1.29, 1.82) is 10.8 Å². The SMILES string of the molecule is CSCC[C@H](NC(=O)[C@H](CC(N)=O)NC(=O)[C@@H]1CCCN1C(=O)[C@H](CS)NC(=O)[C@H](CS)NC(=O)[C@H](CC(N)=O)NC(=O)[C@H](CS)NC(=O)[C@H](CS)NC(=O)[C@H](Cc1ccccc1)NC(=O)[C@H](CCCNC(=N)N)NC(=O)[C@H](CS)NC(=O)CN)C(=O)N[C@@H](CO)C(=O)NCC(=O)N[C@@H](CS)C(=O)NCC(=O)N[C@H](C(=O)N[C@@H](CS)C(=O)N[C@@H](CS)C(=O)N[C@@H](CCCNC(=N)N)C(=O)N[C@@H](Cc1ccccc1)C(=O)O)C(C)C. The molecular formula is C86H135N29O25S9. The van der Waals surface area contributed by atoms with Gasteiger partial charge in [-0.25, -0.2) is 4.79 Å². The van der Waals surface area contributed by atoms with Gasteiger partial charge >= 0.3 is 5.97 Å². The van der Waals surface area contributed by atoms with Gasteiger partial charge in [-0.1, -0.05) is 74.5 Å². The van der Waals surface area contributed by atoms with Gasteiger partial charge < -0.3 is 155 Å². The number of rotatable bonds is 69. The lowest BCUT2D eigenvalue weighted by molar-refractivity contribution is -0.142. The van der Waals surface area contributed by atoms with Crippen LogP contribution in [0.3, 0.4) is 0 Å². The average Bonchev–Trinajstić information content (AvgIpc) is 1.70. The van der Waals surface area contributed by atoms with Crippen molar-refractivity contribution in [2.75, 3.05) is 104 Å². The van der Waals surface area contributed by atoms with Crippen molar-refractivity contribution in [3.8, 4) is 0 Å². The van der Waals surface area contributed by atoms with Crippen molar-refractivity contribution >= 4 is 261 Å². The first-order valence-electron chi connectivity index (χ1n) is 46.3. The van der Waals surface area contributed by atoms with E-state index in [9.17, 15) is 120 Å². The highest BCUT2D eigenvalue weighted by atomic mass is 32.2. The quantitative estimate of drug-likeness (QED) is 0.0127. The standard InChI is InChI=1S/C86H135N29O25S9/c1-41(2)66(82(137)112-58(39-147)79(134)110-54(35-143)76(131)101-45(18-11-22-95-86(92)93)70(125)106-50(84(139)140)26-43-15-8-5-9-16-43)114-65(121)31-97-68(123)52(33-141)99-64(120)30-96-67(122)51(32-116)107-71(126)46(20-24-149-3)102-73(128)49(28-62(89)118)105-81(136)60-19-12-23-115(60)83(138)59(40-148)113-80(135)57(38-146)109-74(129)48(27-61(88)117)104-77(132)55(36-144)111-78(133)56(37-145)108-72(127)47(25-42-13-6-4-7-14-42)103-69(124)44(17-10-21-94-85(90)91)100-75(130)53(34-142)98-63(119)29-87/h4-9,13-16,41,44-60,66,116,141-148H,10-12,17-40,87H2,1-3H3,(H2,88,117)(H2,89,118)(H,96,122)(H,97,123)(H,98,119)(H,99,120)(H,100,130)(H,101,131)(H,102,128)(H,103,124)(H,104,132)(H,105,136)(H,106,125)(H,107,126)(H,108,127)(H,109,129)(H,110,134)(H,111,133)(H,112,137)(H,113,135)(H,114,121)(H,139,140)(H4,90,91,94)(H4,92,93,95)/t44-,45-,46-,47-,48-,49-,50-,51-,52-,53-,54-,55-,56-,57-,58-,59-,60-,66-/m0/s1. The molecule has 35 N–H and O–H groups in total. The molecule has 1 fully saturated rings. The van der Waals surface area contributed by atoms with Crippen LogP contribution in [0.5, 0.6) is 0 Å². The molecule has 1 heterocycles. The smallest absolute Gasteiger partial charge is 0.326 e. The molecule has 54 nitrogen and oxygen atoms in total. The normalized spacial score (nSPS) is 15.4. The predicted octanol–water partition coefficient (Wildman–Crippen LogP) is -12.9. The molecule has 63 heteroatoms. The maximum atomic E-state index is 14.4. The molecule has 1 aliphatic rings. The van der Waals surface area contributed by atoms with Crippen LogP contribution in [0.25, 0.3) is 0 Å². The number of nitrogens with one attached hydrogen (secondary N) is 23. The summed E-state index contributed by atoms with van der Waals surface area (Å²) in [7, 11) is 0. The molecule has 22 amide bonds. The number of carboxylic acid groups (broad SMARTS) is 1. The van der Waals surface area contributed by atoms with Crippen LogP contribution in [-0.2, 0) is 123 Å². The molecular weight excluding hydrogens is 2130 g/mol. The summed E-state index contributed by atoms with van der Waals surface area (Å²) >= 11 is 34.8. The third-order valence-electron chi connectivity index (χ3n) is 21.9. The van der Waals surface area contributed by atoms with Crippen molar-refractivity contribution in [2.24, 2.45) is 34.6 Å². The summed E-state index contributed by atoms with van der Waals surface area (Å²) in [5, 5.41) is 85.8. The molecule has 0 saturated carbocycles. The molecule has 0 aliphatic carbocycles. The number of carbonyl (C=O) groups excluding carboxylic acids is 22. The van der Waals surface area contributed by atoms with E-state index in [2.05, 4.69) is 213 Å². The Morgan fingerprint density at radius 1 is 0.376 bits per heavy atom. The van der Waals surface area contributed by atoms with E-state index in [-0.39, 0.29) is 112 Å². The monoisotopic (exact) mass is 2260 g/mol. The Kier molecular flexibility index (Phi) is 61.6. The van der Waals surface area contributed by atoms with Crippen molar-refractivity contribution in [3.05, 3.63) is 71.8 Å². The lowest BCUT2D eigenvalue weighted by atomic mass is 10.0. The number of thioether (sulfide) groups is 1. The second-order valence-electron chi connectivity index (χ2n) is 33.7. The number of guanidine groups is 2. The number of hydrogen-bond acceptors (Lipinski definition) is 36. The summed E-state index contributed by atoms with van der Waals surface area (Å²) in [4.78, 5) is 313. The van der Waals surface area contributed by atoms with Crippen molar-refractivity contribution < 1.29 is 120 Å². The zero-order chi connectivity index (χ0) is 112. The van der Waals surface area contributed by atoms with Gasteiger partial charge in [-0.15, -0.1) is 0 Å². The van der Waals surface area contributed by atoms with Gasteiger partial charge in [0.25, 0.3) is 0 Å². The molecule has 0 radical (unpaired) electrons. The summed E-state index contributed by atoms with van der Waals surface area (Å²) in [6.07, 6.45) is -0.558. The highest BCUT2D eigenvalue weighted by Crippen LogP contribution is 2.21. The number of aliphatic carboxylic acids is 1. The fourth-order valence-electron chi connectivity index (χ4n) is 13.9. The first-order valence-corrected chi connectivity index (χ1v) is 52.8. The Balaban J connectivity index is 1.67. The van der Waals surface area contributed by atoms with Gasteiger partial charge in [0.1, 0.15) is 109 Å². The van der Waals surface area contributed by atoms with Gasteiger partial charge in [0.05, 0.1) is 39.1 Å². The van der Waals surface area contributed by atoms with Gasteiger partial charge in [-0.05, 0) is 74.0 Å². The van der Waals surface area contributed by atoms with E-state index in [4.69, 9.17) is 39.5 Å². The maximum Gasteiger partial charge on any atom is 0.326 e. The van der Waals surface area contributed by atoms with Crippen molar-refractivity contribution in [1.82, 2.24) is 117 Å². The molecule has 0 spiro atoms. The highest BCUT2D eigenvalue weighted by Gasteiger charge is 2.43. The number of benzene rings is 2. The minimum absolute atomic E-state index is 0.0718. The molecule has 0 aromatic heterocycles. The van der Waals surface area contributed by atoms with Gasteiger partial charge in [-0.3, -0.25) is 116 Å². The number of primary amides is 2. The van der Waals surface area contributed by atoms with Crippen LogP contribution in [0.2, 0.25) is 0 Å². The van der Waals surface area contributed by atoms with E-state index in [1.165, 1.54) is 25.6 Å². The molecule has 2 aromatic carbocycles. The van der Waals surface area contributed by atoms with Gasteiger partial charge in [0, 0.05) is 78.5 Å². The summed E-state index contributed by atoms with van der Waals surface area (Å²) in [6, 6.07) is -11.3. The van der Waals surface area contributed by atoms with E-state index in [1.807, 2.05) is 0 Å². The van der Waals surface area contributed by atoms with Crippen LogP contribution in [-0.4, -0.2) is 376 Å². The zero-order valence-corrected chi connectivity index (χ0v) is 89.4. The third-order valence-corrected chi connectivity index (χ3v) is 25.4. The minimum Gasteiger partial charge on any atom is -0.480 e. The summed E-state index contributed by atoms with van der Waals surface area (Å²) < 4.78 is 0. The summed E-state index contributed by atoms with van der Waals surface area (Å²) in [5.74, 6) is -28.4. The van der Waals surface area contributed by atoms with E-state index in [0.717, 1.165) is 4.90 Å². The Labute approximate surface area is 906 Å². The molecule has 0 unspecified atom stereocenters. The van der Waals surface area contributed by atoms with Crippen molar-refractivity contribution in [2.45, 2.75) is 193 Å². The number of nitrogens with two attached hydrogens (primary N) is 5. The van der Waals surface area contributed by atoms with Gasteiger partial charge in [-0.2, -0.15) is 113 Å². The van der Waals surface area contributed by atoms with Gasteiger partial charge in [0.2, 0.25) is 130 Å². The number of aliphatic hydroxyl groups is 1. The van der Waals surface area contributed by atoms with E-state index < -0.39 is 318 Å². The fraction of sp³-hybridized carbons (Fsp3) is 0.570. The first kappa shape index (κ1) is 131. The molecule has 828 valence electrons. The molecule has 1 saturated heterocycles. The Morgan fingerprint density at radius 3 is 1.06 bits per heavy atom. The predicted molar refractivity (Wildman–Crippen MR) is 572 cm³/mol. The number of amides is 22. The Morgan fingerprint density at radius 2 is 0.685 bits per heavy atom. The van der Waals surface area contributed by atoms with Crippen LogP contribution in [0.1, 0.15) is 82.8 Å². The maximum absolute atomic E-state index is 14.4. The number of hydrogen-bond donors (Lipinski definition) is 38. The number of thiol groups is 8. The molecule has 18 atom stereocenters. The number of likely N-dealkylation sites (tertiary alicyclic amines) is 1. The number of aliphatic hydroxyl groups excluding tert-OH is 1. The van der Waals surface area contributed by atoms with Crippen LogP contribution in [0.15, 0.2) is 60.7 Å². The highest BCUT2D eigenvalue weighted by molar-refractivity contribution is 7.98. The number of carbonyl (C=O) groups is 23. The first-order chi connectivity index (χ1) is 70.6. The molecule has 0 bridgehead atoms. The van der Waals surface area contributed by atoms with Crippen LogP contribution in [0, 0.1) is 16.7 Å². The van der Waals surface area contributed by atoms with E-state index in [0.29, 0.717) is 11.1 Å². The minimum atomic E-state index is -1.90. The molecule has 1 aliphatic heterocycles. The third kappa shape index (κ3) is 47.7.